The van der Waals surface area contributed by atoms with Crippen LogP contribution in [-0.4, -0.2) is 24.0 Å². The Bertz CT molecular complexity index is 542. The van der Waals surface area contributed by atoms with Crippen LogP contribution in [0.2, 0.25) is 0 Å². The standard InChI is InChI=1S/C17H22O4/c1-11(16(19)21-17(2,3)4)15(18)13-9-12-7-5-6-8-14(12)20-10-13/h5-8,11,13H,9-10H2,1-4H3. The monoisotopic (exact) mass is 290 g/mol. The van der Waals surface area contributed by atoms with Crippen molar-refractivity contribution in [1.29, 1.82) is 0 Å². The van der Waals surface area contributed by atoms with Crippen molar-refractivity contribution in [1.82, 2.24) is 0 Å². The molecule has 0 aliphatic carbocycles. The van der Waals surface area contributed by atoms with Crippen LogP contribution in [0.5, 0.6) is 5.75 Å². The molecular weight excluding hydrogens is 268 g/mol. The average Bonchev–Trinajstić information content (AvgIpc) is 2.43. The summed E-state index contributed by atoms with van der Waals surface area (Å²) in [5.41, 5.74) is 0.430. The maximum Gasteiger partial charge on any atom is 0.316 e. The molecule has 0 bridgehead atoms. The van der Waals surface area contributed by atoms with Crippen molar-refractivity contribution < 1.29 is 19.1 Å². The van der Waals surface area contributed by atoms with Crippen molar-refractivity contribution in [2.75, 3.05) is 6.61 Å². The molecule has 2 rings (SSSR count). The number of fused-ring (bicyclic) bond motifs is 1. The van der Waals surface area contributed by atoms with Gasteiger partial charge < -0.3 is 9.47 Å². The van der Waals surface area contributed by atoms with Crippen molar-refractivity contribution in [2.24, 2.45) is 11.8 Å². The molecule has 1 aromatic rings. The van der Waals surface area contributed by atoms with Crippen LogP contribution in [0, 0.1) is 11.8 Å². The molecule has 1 aromatic carbocycles. The first-order chi connectivity index (χ1) is 9.78. The van der Waals surface area contributed by atoms with Gasteiger partial charge in [0.05, 0.1) is 12.5 Å². The molecule has 0 saturated heterocycles. The first-order valence-corrected chi connectivity index (χ1v) is 7.25. The van der Waals surface area contributed by atoms with Crippen molar-refractivity contribution in [2.45, 2.75) is 39.7 Å². The predicted molar refractivity (Wildman–Crippen MR) is 79.1 cm³/mol. The normalized spacial score (nSPS) is 19.1. The lowest BCUT2D eigenvalue weighted by molar-refractivity contribution is -0.162. The smallest absolute Gasteiger partial charge is 0.316 e. The molecule has 114 valence electrons. The Kier molecular flexibility index (Phi) is 4.35. The van der Waals surface area contributed by atoms with Gasteiger partial charge >= 0.3 is 5.97 Å². The maximum atomic E-state index is 12.5. The Morgan fingerprint density at radius 3 is 2.62 bits per heavy atom. The lowest BCUT2D eigenvalue weighted by atomic mass is 9.87. The lowest BCUT2D eigenvalue weighted by Crippen LogP contribution is -2.37. The van der Waals surface area contributed by atoms with E-state index in [1.54, 1.807) is 27.7 Å². The van der Waals surface area contributed by atoms with Crippen LogP contribution < -0.4 is 4.74 Å². The van der Waals surface area contributed by atoms with Crippen molar-refractivity contribution in [3.8, 4) is 5.75 Å². The summed E-state index contributed by atoms with van der Waals surface area (Å²) < 4.78 is 10.9. The van der Waals surface area contributed by atoms with Gasteiger partial charge in [0.2, 0.25) is 0 Å². The van der Waals surface area contributed by atoms with E-state index in [0.29, 0.717) is 13.0 Å². The zero-order valence-electron chi connectivity index (χ0n) is 13.0. The van der Waals surface area contributed by atoms with E-state index in [1.807, 2.05) is 24.3 Å². The Morgan fingerprint density at radius 1 is 1.29 bits per heavy atom. The largest absolute Gasteiger partial charge is 0.493 e. The number of ether oxygens (including phenoxy) is 2. The SMILES string of the molecule is CC(C(=O)OC(C)(C)C)C(=O)C1COc2ccccc2C1. The second-order valence-corrected chi connectivity index (χ2v) is 6.48. The number of hydrogen-bond donors (Lipinski definition) is 0. The fourth-order valence-corrected chi connectivity index (χ4v) is 2.37. The Morgan fingerprint density at radius 2 is 1.95 bits per heavy atom. The van der Waals surface area contributed by atoms with Crippen LogP contribution in [0.15, 0.2) is 24.3 Å². The van der Waals surface area contributed by atoms with Gasteiger partial charge in [0, 0.05) is 0 Å². The molecule has 0 amide bonds. The minimum atomic E-state index is -0.761. The van der Waals surface area contributed by atoms with E-state index < -0.39 is 17.5 Å². The first kappa shape index (κ1) is 15.5. The quantitative estimate of drug-likeness (QED) is 0.634. The Labute approximate surface area is 125 Å². The number of rotatable bonds is 3. The van der Waals surface area contributed by atoms with Gasteiger partial charge in [-0.15, -0.1) is 0 Å². The first-order valence-electron chi connectivity index (χ1n) is 7.25. The number of carbonyl (C=O) groups is 2. The molecule has 21 heavy (non-hydrogen) atoms. The molecule has 1 aliphatic heterocycles. The Balaban J connectivity index is 2.03. The zero-order chi connectivity index (χ0) is 15.6. The summed E-state index contributed by atoms with van der Waals surface area (Å²) in [5.74, 6) is -0.804. The minimum absolute atomic E-state index is 0.112. The third-order valence-electron chi connectivity index (χ3n) is 3.47. The van der Waals surface area contributed by atoms with Gasteiger partial charge in [-0.2, -0.15) is 0 Å². The number of benzene rings is 1. The molecule has 0 radical (unpaired) electrons. The van der Waals surface area contributed by atoms with Gasteiger partial charge in [-0.05, 0) is 45.7 Å². The highest BCUT2D eigenvalue weighted by Gasteiger charge is 2.34. The fraction of sp³-hybridized carbons (Fsp3) is 0.529. The Hall–Kier alpha value is -1.84. The van der Waals surface area contributed by atoms with E-state index >= 15 is 0 Å². The minimum Gasteiger partial charge on any atom is -0.493 e. The number of ketones is 1. The summed E-state index contributed by atoms with van der Waals surface area (Å²) in [5, 5.41) is 0. The number of Topliss-reactive ketones (excluding diaryl/α,β-unsaturated/α-hetero) is 1. The molecule has 1 heterocycles. The molecule has 0 N–H and O–H groups in total. The van der Waals surface area contributed by atoms with Crippen LogP contribution in [0.3, 0.4) is 0 Å². The van der Waals surface area contributed by atoms with E-state index in [4.69, 9.17) is 9.47 Å². The van der Waals surface area contributed by atoms with E-state index in [2.05, 4.69) is 0 Å². The van der Waals surface area contributed by atoms with Gasteiger partial charge in [-0.3, -0.25) is 9.59 Å². The second kappa shape index (κ2) is 5.88. The summed E-state index contributed by atoms with van der Waals surface area (Å²) >= 11 is 0. The molecule has 1 aliphatic rings. The highest BCUT2D eigenvalue weighted by Crippen LogP contribution is 2.28. The van der Waals surface area contributed by atoms with E-state index in [9.17, 15) is 9.59 Å². The predicted octanol–water partition coefficient (Wildman–Crippen LogP) is 2.78. The molecule has 4 heteroatoms. The summed E-state index contributed by atoms with van der Waals surface area (Å²) in [6.07, 6.45) is 0.613. The number of carbonyl (C=O) groups excluding carboxylic acids is 2. The van der Waals surface area contributed by atoms with E-state index in [1.165, 1.54) is 0 Å². The molecule has 0 aromatic heterocycles. The molecule has 0 spiro atoms. The van der Waals surface area contributed by atoms with Crippen LogP contribution in [0.4, 0.5) is 0 Å². The fourth-order valence-electron chi connectivity index (χ4n) is 2.37. The van der Waals surface area contributed by atoms with Crippen LogP contribution in [-0.2, 0) is 20.7 Å². The second-order valence-electron chi connectivity index (χ2n) is 6.48. The van der Waals surface area contributed by atoms with Gasteiger partial charge in [-0.1, -0.05) is 18.2 Å². The highest BCUT2D eigenvalue weighted by molar-refractivity contribution is 6.00. The number of esters is 1. The molecule has 4 nitrogen and oxygen atoms in total. The van der Waals surface area contributed by atoms with Crippen LogP contribution in [0.25, 0.3) is 0 Å². The summed E-state index contributed by atoms with van der Waals surface area (Å²) in [6, 6.07) is 7.68. The van der Waals surface area contributed by atoms with Gasteiger partial charge in [0.1, 0.15) is 17.3 Å². The topological polar surface area (TPSA) is 52.6 Å². The summed E-state index contributed by atoms with van der Waals surface area (Å²) in [4.78, 5) is 24.5. The molecule has 2 atom stereocenters. The number of para-hydroxylation sites is 1. The number of hydrogen-bond acceptors (Lipinski definition) is 4. The molecule has 0 saturated carbocycles. The lowest BCUT2D eigenvalue weighted by Gasteiger charge is -2.27. The summed E-state index contributed by atoms with van der Waals surface area (Å²) in [7, 11) is 0. The van der Waals surface area contributed by atoms with E-state index in [0.717, 1.165) is 11.3 Å². The molecule has 2 unspecified atom stereocenters. The van der Waals surface area contributed by atoms with Gasteiger partial charge in [-0.25, -0.2) is 0 Å². The third kappa shape index (κ3) is 3.84. The highest BCUT2D eigenvalue weighted by atomic mass is 16.6. The zero-order valence-corrected chi connectivity index (χ0v) is 13.0. The average molecular weight is 290 g/mol. The van der Waals surface area contributed by atoms with Crippen LogP contribution in [0.1, 0.15) is 33.3 Å². The molecular formula is C17H22O4. The maximum absolute atomic E-state index is 12.5. The van der Waals surface area contributed by atoms with Crippen molar-refractivity contribution in [3.63, 3.8) is 0 Å². The van der Waals surface area contributed by atoms with Crippen molar-refractivity contribution in [3.05, 3.63) is 29.8 Å². The van der Waals surface area contributed by atoms with Gasteiger partial charge in [0.15, 0.2) is 5.78 Å². The van der Waals surface area contributed by atoms with Crippen molar-refractivity contribution >= 4 is 11.8 Å². The van der Waals surface area contributed by atoms with Gasteiger partial charge in [0.25, 0.3) is 0 Å². The van der Waals surface area contributed by atoms with E-state index in [-0.39, 0.29) is 11.7 Å². The van der Waals surface area contributed by atoms with Crippen LogP contribution >= 0.6 is 0 Å². The summed E-state index contributed by atoms with van der Waals surface area (Å²) in [6.45, 7) is 7.31. The molecule has 0 fully saturated rings. The third-order valence-corrected chi connectivity index (χ3v) is 3.47.